The van der Waals surface area contributed by atoms with Gasteiger partial charge in [0.25, 0.3) is 0 Å². The van der Waals surface area contributed by atoms with E-state index in [1.54, 1.807) is 42.7 Å². The molecule has 0 saturated heterocycles. The Hall–Kier alpha value is -2.60. The van der Waals surface area contributed by atoms with Crippen LogP contribution in [0.15, 0.2) is 36.4 Å². The van der Waals surface area contributed by atoms with Crippen molar-refractivity contribution < 1.29 is 28.4 Å². The third-order valence-corrected chi connectivity index (χ3v) is 7.34. The van der Waals surface area contributed by atoms with Crippen molar-refractivity contribution in [3.05, 3.63) is 65.8 Å². The predicted octanol–water partition coefficient (Wildman–Crippen LogP) is 7.29. The molecule has 0 saturated carbocycles. The summed E-state index contributed by atoms with van der Waals surface area (Å²) in [7, 11) is 9.79. The minimum Gasteiger partial charge on any atom is -0.493 e. The summed E-state index contributed by atoms with van der Waals surface area (Å²) in [5, 5.41) is 0. The molecular formula is C28H28I2O6. The summed E-state index contributed by atoms with van der Waals surface area (Å²) in [5.74, 6) is 4.03. The number of halogens is 2. The van der Waals surface area contributed by atoms with Gasteiger partial charge in [-0.2, -0.15) is 0 Å². The van der Waals surface area contributed by atoms with Crippen LogP contribution in [0.3, 0.4) is 0 Å². The van der Waals surface area contributed by atoms with Crippen molar-refractivity contribution >= 4 is 69.5 Å². The Morgan fingerprint density at radius 3 is 1.06 bits per heavy atom. The van der Waals surface area contributed by atoms with Gasteiger partial charge in [-0.1, -0.05) is 36.4 Å². The molecular weight excluding hydrogens is 686 g/mol. The van der Waals surface area contributed by atoms with E-state index in [1.165, 1.54) is 0 Å². The van der Waals surface area contributed by atoms with Crippen molar-refractivity contribution in [1.29, 1.82) is 0 Å². The van der Waals surface area contributed by atoms with E-state index < -0.39 is 0 Å². The number of methoxy groups -OCH3 is 6. The molecule has 0 fully saturated rings. The Kier molecular flexibility index (Phi) is 10.2. The lowest BCUT2D eigenvalue weighted by atomic mass is 10.0. The van der Waals surface area contributed by atoms with Gasteiger partial charge >= 0.3 is 0 Å². The van der Waals surface area contributed by atoms with Gasteiger partial charge in [-0.05, 0) is 80.6 Å². The van der Waals surface area contributed by atoms with Crippen LogP contribution >= 0.6 is 45.2 Å². The van der Waals surface area contributed by atoms with E-state index in [2.05, 4.69) is 45.2 Å². The smallest absolute Gasteiger partial charge is 0.168 e. The molecule has 0 spiro atoms. The Morgan fingerprint density at radius 1 is 0.444 bits per heavy atom. The highest BCUT2D eigenvalue weighted by atomic mass is 127. The first-order valence-corrected chi connectivity index (χ1v) is 13.0. The molecule has 0 heterocycles. The van der Waals surface area contributed by atoms with Gasteiger partial charge in [0.15, 0.2) is 34.5 Å². The molecule has 0 bridgehead atoms. The van der Waals surface area contributed by atoms with Gasteiger partial charge in [-0.15, -0.1) is 0 Å². The molecule has 0 unspecified atom stereocenters. The Bertz CT molecular complexity index is 1190. The van der Waals surface area contributed by atoms with E-state index in [4.69, 9.17) is 28.4 Å². The largest absolute Gasteiger partial charge is 0.493 e. The highest BCUT2D eigenvalue weighted by molar-refractivity contribution is 14.1. The fourth-order valence-electron chi connectivity index (χ4n) is 3.63. The summed E-state index contributed by atoms with van der Waals surface area (Å²) in [6.45, 7) is 0. The molecule has 0 aliphatic carbocycles. The van der Waals surface area contributed by atoms with Crippen molar-refractivity contribution in [2.45, 2.75) is 0 Å². The topological polar surface area (TPSA) is 55.4 Å². The van der Waals surface area contributed by atoms with Crippen LogP contribution in [-0.2, 0) is 0 Å². The van der Waals surface area contributed by atoms with Crippen LogP contribution in [0.1, 0.15) is 22.3 Å². The van der Waals surface area contributed by atoms with Crippen molar-refractivity contribution in [2.75, 3.05) is 42.7 Å². The number of hydrogen-bond acceptors (Lipinski definition) is 6. The number of hydrogen-bond donors (Lipinski definition) is 0. The monoisotopic (exact) mass is 714 g/mol. The highest BCUT2D eigenvalue weighted by Gasteiger charge is 2.14. The molecule has 0 aliphatic heterocycles. The van der Waals surface area contributed by atoms with Gasteiger partial charge in [-0.3, -0.25) is 0 Å². The second kappa shape index (κ2) is 13.1. The third-order valence-electron chi connectivity index (χ3n) is 5.47. The Labute approximate surface area is 239 Å². The normalized spacial score (nSPS) is 11.1. The first kappa shape index (κ1) is 28.0. The van der Waals surface area contributed by atoms with Gasteiger partial charge in [0.05, 0.1) is 42.7 Å². The fraction of sp³-hybridized carbons (Fsp3) is 0.214. The predicted molar refractivity (Wildman–Crippen MR) is 162 cm³/mol. The van der Waals surface area contributed by atoms with Crippen LogP contribution in [0.25, 0.3) is 24.3 Å². The molecule has 8 heteroatoms. The molecule has 3 rings (SSSR count). The van der Waals surface area contributed by atoms with Gasteiger partial charge in [0, 0.05) is 18.3 Å². The maximum Gasteiger partial charge on any atom is 0.168 e. The zero-order valence-corrected chi connectivity index (χ0v) is 25.3. The number of ether oxygens (including phenoxy) is 6. The molecule has 0 N–H and O–H groups in total. The van der Waals surface area contributed by atoms with Crippen molar-refractivity contribution in [2.24, 2.45) is 0 Å². The molecule has 0 amide bonds. The van der Waals surface area contributed by atoms with E-state index in [9.17, 15) is 0 Å². The molecule has 0 radical (unpaired) electrons. The molecule has 0 atom stereocenters. The zero-order valence-electron chi connectivity index (χ0n) is 21.0. The summed E-state index contributed by atoms with van der Waals surface area (Å²) in [6.07, 6.45) is 8.02. The van der Waals surface area contributed by atoms with Crippen LogP contribution in [0.2, 0.25) is 0 Å². The van der Waals surface area contributed by atoms with Crippen molar-refractivity contribution in [1.82, 2.24) is 0 Å². The standard InChI is InChI=1S/C28H28I2O6/c1-31-23-13-19(21(29)15-25(23)33-3)11-9-17-7-8-18(28(36-6)27(17)35-5)10-12-20-14-24(32-2)26(34-4)16-22(20)30/h7-16H,1-6H3/b11-9-,12-10-. The summed E-state index contributed by atoms with van der Waals surface area (Å²) in [5.41, 5.74) is 3.78. The summed E-state index contributed by atoms with van der Waals surface area (Å²) in [6, 6.07) is 11.8. The van der Waals surface area contributed by atoms with Crippen LogP contribution in [-0.4, -0.2) is 42.7 Å². The van der Waals surface area contributed by atoms with E-state index in [-0.39, 0.29) is 0 Å². The second-order valence-corrected chi connectivity index (χ2v) is 9.76. The minimum absolute atomic E-state index is 0.647. The summed E-state index contributed by atoms with van der Waals surface area (Å²) < 4.78 is 35.3. The maximum absolute atomic E-state index is 5.76. The van der Waals surface area contributed by atoms with Crippen LogP contribution in [0.4, 0.5) is 0 Å². The fourth-order valence-corrected chi connectivity index (χ4v) is 4.87. The maximum atomic E-state index is 5.76. The lowest BCUT2D eigenvalue weighted by molar-refractivity contribution is 0.353. The Morgan fingerprint density at radius 2 is 0.750 bits per heavy atom. The minimum atomic E-state index is 0.647. The van der Waals surface area contributed by atoms with Gasteiger partial charge in [0.2, 0.25) is 0 Å². The van der Waals surface area contributed by atoms with Gasteiger partial charge in [-0.25, -0.2) is 0 Å². The lowest BCUT2D eigenvalue weighted by Crippen LogP contribution is -1.96. The third kappa shape index (κ3) is 6.20. The van der Waals surface area contributed by atoms with Crippen molar-refractivity contribution in [3.63, 3.8) is 0 Å². The molecule has 0 aromatic heterocycles. The molecule has 3 aromatic rings. The number of rotatable bonds is 10. The molecule has 190 valence electrons. The van der Waals surface area contributed by atoms with Crippen LogP contribution in [0, 0.1) is 7.14 Å². The highest BCUT2D eigenvalue weighted by Crippen LogP contribution is 2.38. The summed E-state index contributed by atoms with van der Waals surface area (Å²) >= 11 is 4.56. The second-order valence-electron chi connectivity index (χ2n) is 7.43. The van der Waals surface area contributed by atoms with Gasteiger partial charge in [0.1, 0.15) is 0 Å². The molecule has 6 nitrogen and oxygen atoms in total. The van der Waals surface area contributed by atoms with E-state index in [0.29, 0.717) is 34.5 Å². The Balaban J connectivity index is 1.98. The molecule has 0 aliphatic rings. The first-order valence-electron chi connectivity index (χ1n) is 10.8. The zero-order chi connectivity index (χ0) is 26.2. The van der Waals surface area contributed by atoms with Crippen molar-refractivity contribution in [3.8, 4) is 34.5 Å². The van der Waals surface area contributed by atoms with Crippen LogP contribution in [0.5, 0.6) is 34.5 Å². The summed E-state index contributed by atoms with van der Waals surface area (Å²) in [4.78, 5) is 0. The first-order chi connectivity index (χ1) is 17.4. The average Bonchev–Trinajstić information content (AvgIpc) is 2.90. The average molecular weight is 714 g/mol. The van der Waals surface area contributed by atoms with Crippen LogP contribution < -0.4 is 28.4 Å². The van der Waals surface area contributed by atoms with E-state index >= 15 is 0 Å². The molecule has 3 aromatic carbocycles. The lowest BCUT2D eigenvalue weighted by Gasteiger charge is -2.14. The SMILES string of the molecule is COc1cc(I)c(/C=C\c2ccc(/C=C\c3cc(OC)c(OC)cc3I)c(OC)c2OC)cc1OC. The number of benzene rings is 3. The van der Waals surface area contributed by atoms with E-state index in [0.717, 1.165) is 29.4 Å². The quantitative estimate of drug-likeness (QED) is 0.163. The van der Waals surface area contributed by atoms with E-state index in [1.807, 2.05) is 60.7 Å². The molecule has 36 heavy (non-hydrogen) atoms. The van der Waals surface area contributed by atoms with Gasteiger partial charge < -0.3 is 28.4 Å².